The van der Waals surface area contributed by atoms with E-state index >= 15 is 0 Å². The summed E-state index contributed by atoms with van der Waals surface area (Å²) in [7, 11) is 0. The van der Waals surface area contributed by atoms with Crippen LogP contribution in [0.4, 0.5) is 0 Å². The van der Waals surface area contributed by atoms with Crippen molar-refractivity contribution in [1.29, 1.82) is 0 Å². The first-order valence-electron chi connectivity index (χ1n) is 5.46. The monoisotopic (exact) mass is 169 g/mol. The second-order valence-corrected chi connectivity index (χ2v) is 4.22. The van der Waals surface area contributed by atoms with Gasteiger partial charge in [-0.05, 0) is 30.6 Å². The molecular formula is C12H25. The maximum atomic E-state index is 2.35. The smallest absolute Gasteiger partial charge is 0.0218 e. The highest BCUT2D eigenvalue weighted by atomic mass is 14.2. The van der Waals surface area contributed by atoms with Crippen molar-refractivity contribution < 1.29 is 0 Å². The zero-order valence-corrected chi connectivity index (χ0v) is 9.48. The summed E-state index contributed by atoms with van der Waals surface area (Å²) in [6.45, 7) is 11.6. The molecule has 0 amide bonds. The van der Waals surface area contributed by atoms with Crippen molar-refractivity contribution in [2.75, 3.05) is 0 Å². The Bertz CT molecular complexity index is 94.2. The van der Waals surface area contributed by atoms with E-state index < -0.39 is 0 Å². The summed E-state index contributed by atoms with van der Waals surface area (Å²) in [5, 5.41) is 0. The molecule has 0 saturated heterocycles. The topological polar surface area (TPSA) is 0 Å². The SMILES string of the molecule is CC[C](CCC(C)CC)C(C)C. The second-order valence-electron chi connectivity index (χ2n) is 4.22. The van der Waals surface area contributed by atoms with Crippen LogP contribution >= 0.6 is 0 Å². The van der Waals surface area contributed by atoms with E-state index in [2.05, 4.69) is 34.6 Å². The van der Waals surface area contributed by atoms with Crippen molar-refractivity contribution >= 4 is 0 Å². The van der Waals surface area contributed by atoms with E-state index in [1.165, 1.54) is 25.7 Å². The average molecular weight is 169 g/mol. The highest BCUT2D eigenvalue weighted by Gasteiger charge is 2.12. The first kappa shape index (κ1) is 12.0. The van der Waals surface area contributed by atoms with Crippen LogP contribution in [0.25, 0.3) is 0 Å². The van der Waals surface area contributed by atoms with Crippen molar-refractivity contribution in [3.8, 4) is 0 Å². The van der Waals surface area contributed by atoms with Gasteiger partial charge in [-0.2, -0.15) is 0 Å². The van der Waals surface area contributed by atoms with Gasteiger partial charge >= 0.3 is 0 Å². The van der Waals surface area contributed by atoms with E-state index in [9.17, 15) is 0 Å². The molecule has 0 rings (SSSR count). The van der Waals surface area contributed by atoms with Gasteiger partial charge in [-0.1, -0.05) is 47.5 Å². The molecule has 0 aliphatic rings. The predicted octanol–water partition coefficient (Wildman–Crippen LogP) is 4.45. The Kier molecular flexibility index (Phi) is 6.51. The first-order valence-corrected chi connectivity index (χ1v) is 5.46. The Morgan fingerprint density at radius 2 is 1.67 bits per heavy atom. The van der Waals surface area contributed by atoms with Gasteiger partial charge in [0.25, 0.3) is 0 Å². The fourth-order valence-corrected chi connectivity index (χ4v) is 1.51. The lowest BCUT2D eigenvalue weighted by Gasteiger charge is -2.19. The number of hydrogen-bond acceptors (Lipinski definition) is 0. The normalized spacial score (nSPS) is 14.2. The van der Waals surface area contributed by atoms with Gasteiger partial charge in [0.05, 0.1) is 0 Å². The summed E-state index contributed by atoms with van der Waals surface area (Å²) >= 11 is 0. The van der Waals surface area contributed by atoms with Crippen molar-refractivity contribution in [2.45, 2.75) is 60.3 Å². The zero-order valence-electron chi connectivity index (χ0n) is 9.48. The summed E-state index contributed by atoms with van der Waals surface area (Å²) < 4.78 is 0. The van der Waals surface area contributed by atoms with Crippen LogP contribution in [0.1, 0.15) is 60.3 Å². The Morgan fingerprint density at radius 1 is 1.08 bits per heavy atom. The molecule has 0 nitrogen and oxygen atoms in total. The molecule has 0 fully saturated rings. The second kappa shape index (κ2) is 6.51. The third-order valence-corrected chi connectivity index (χ3v) is 2.93. The Balaban J connectivity index is 3.58. The van der Waals surface area contributed by atoms with Crippen molar-refractivity contribution in [2.24, 2.45) is 11.8 Å². The maximum absolute atomic E-state index is 2.35. The molecule has 0 aliphatic carbocycles. The third-order valence-electron chi connectivity index (χ3n) is 2.93. The van der Waals surface area contributed by atoms with Gasteiger partial charge in [0.2, 0.25) is 0 Å². The van der Waals surface area contributed by atoms with E-state index in [1.54, 1.807) is 5.92 Å². The van der Waals surface area contributed by atoms with Crippen LogP contribution in [0.15, 0.2) is 0 Å². The number of hydrogen-bond donors (Lipinski definition) is 0. The van der Waals surface area contributed by atoms with Crippen molar-refractivity contribution in [3.05, 3.63) is 5.92 Å². The fourth-order valence-electron chi connectivity index (χ4n) is 1.51. The van der Waals surface area contributed by atoms with Crippen LogP contribution in [-0.2, 0) is 0 Å². The molecule has 0 aromatic heterocycles. The average Bonchev–Trinajstić information content (AvgIpc) is 2.04. The van der Waals surface area contributed by atoms with Gasteiger partial charge in [0.1, 0.15) is 0 Å². The molecule has 1 atom stereocenters. The highest BCUT2D eigenvalue weighted by molar-refractivity contribution is 4.91. The molecule has 1 radical (unpaired) electrons. The summed E-state index contributed by atoms with van der Waals surface area (Å²) in [6.07, 6.45) is 5.34. The summed E-state index contributed by atoms with van der Waals surface area (Å²) in [5.74, 6) is 3.44. The van der Waals surface area contributed by atoms with Crippen LogP contribution in [0.3, 0.4) is 0 Å². The van der Waals surface area contributed by atoms with Gasteiger partial charge in [-0.15, -0.1) is 0 Å². The molecule has 0 aromatic carbocycles. The quantitative estimate of drug-likeness (QED) is 0.551. The van der Waals surface area contributed by atoms with E-state index in [0.717, 1.165) is 11.8 Å². The van der Waals surface area contributed by atoms with Gasteiger partial charge in [-0.25, -0.2) is 0 Å². The van der Waals surface area contributed by atoms with E-state index in [-0.39, 0.29) is 0 Å². The molecule has 1 unspecified atom stereocenters. The van der Waals surface area contributed by atoms with Crippen LogP contribution in [0.2, 0.25) is 0 Å². The lowest BCUT2D eigenvalue weighted by Crippen LogP contribution is -2.06. The van der Waals surface area contributed by atoms with Crippen LogP contribution in [0.5, 0.6) is 0 Å². The molecule has 73 valence electrons. The van der Waals surface area contributed by atoms with E-state index in [4.69, 9.17) is 0 Å². The molecule has 0 bridgehead atoms. The zero-order chi connectivity index (χ0) is 9.56. The summed E-state index contributed by atoms with van der Waals surface area (Å²) in [4.78, 5) is 0. The molecule has 0 heteroatoms. The molecule has 0 spiro atoms. The maximum Gasteiger partial charge on any atom is -0.0218 e. The molecule has 0 saturated carbocycles. The molecule has 0 heterocycles. The van der Waals surface area contributed by atoms with Crippen LogP contribution in [0, 0.1) is 17.8 Å². The van der Waals surface area contributed by atoms with Crippen LogP contribution < -0.4 is 0 Å². The molecule has 0 aromatic rings. The summed E-state index contributed by atoms with van der Waals surface area (Å²) in [6, 6.07) is 0. The van der Waals surface area contributed by atoms with E-state index in [0.29, 0.717) is 0 Å². The highest BCUT2D eigenvalue weighted by Crippen LogP contribution is 2.25. The standard InChI is InChI=1S/C12H25/c1-6-11(5)8-9-12(7-2)10(3)4/h10-11H,6-9H2,1-5H3. The first-order chi connectivity index (χ1) is 5.61. The summed E-state index contributed by atoms with van der Waals surface area (Å²) in [5.41, 5.74) is 0. The van der Waals surface area contributed by atoms with Gasteiger partial charge in [0.15, 0.2) is 0 Å². The van der Waals surface area contributed by atoms with Gasteiger partial charge in [0, 0.05) is 0 Å². The minimum absolute atomic E-state index is 0.791. The van der Waals surface area contributed by atoms with E-state index in [1.807, 2.05) is 0 Å². The Morgan fingerprint density at radius 3 is 2.00 bits per heavy atom. The minimum Gasteiger partial charge on any atom is -0.0651 e. The van der Waals surface area contributed by atoms with Gasteiger partial charge in [-0.3, -0.25) is 0 Å². The number of rotatable bonds is 6. The molecule has 0 aliphatic heterocycles. The minimum atomic E-state index is 0.791. The van der Waals surface area contributed by atoms with Crippen LogP contribution in [-0.4, -0.2) is 0 Å². The molecule has 12 heavy (non-hydrogen) atoms. The van der Waals surface area contributed by atoms with Crippen molar-refractivity contribution in [3.63, 3.8) is 0 Å². The predicted molar refractivity (Wildman–Crippen MR) is 57.1 cm³/mol. The van der Waals surface area contributed by atoms with Gasteiger partial charge < -0.3 is 0 Å². The Hall–Kier alpha value is 0. The lowest BCUT2D eigenvalue weighted by molar-refractivity contribution is 0.460. The largest absolute Gasteiger partial charge is 0.0651 e. The third kappa shape index (κ3) is 4.79. The molecular weight excluding hydrogens is 144 g/mol. The Labute approximate surface area is 78.8 Å². The molecule has 0 N–H and O–H groups in total. The lowest BCUT2D eigenvalue weighted by atomic mass is 9.86. The van der Waals surface area contributed by atoms with Crippen molar-refractivity contribution in [1.82, 2.24) is 0 Å². The fraction of sp³-hybridized carbons (Fsp3) is 0.917.